The van der Waals surface area contributed by atoms with Crippen LogP contribution in [-0.2, 0) is 19.5 Å². The first-order chi connectivity index (χ1) is 15.8. The highest BCUT2D eigenvalue weighted by molar-refractivity contribution is 5.88. The van der Waals surface area contributed by atoms with E-state index in [2.05, 4.69) is 28.2 Å². The van der Waals surface area contributed by atoms with Crippen molar-refractivity contribution in [3.63, 3.8) is 0 Å². The van der Waals surface area contributed by atoms with Gasteiger partial charge in [0.2, 0.25) is 0 Å². The fourth-order valence-electron chi connectivity index (χ4n) is 4.51. The van der Waals surface area contributed by atoms with Gasteiger partial charge in [-0.15, -0.1) is 0 Å². The van der Waals surface area contributed by atoms with Gasteiger partial charge in [-0.25, -0.2) is 4.68 Å². The second-order valence-electron chi connectivity index (χ2n) is 8.20. The molecule has 4 aromatic rings. The number of hydrogen-bond acceptors (Lipinski definition) is 6. The number of methoxy groups -OCH3 is 1. The van der Waals surface area contributed by atoms with Crippen LogP contribution in [0.5, 0.6) is 17.2 Å². The molecule has 0 fully saturated rings. The van der Waals surface area contributed by atoms with Crippen molar-refractivity contribution in [2.45, 2.75) is 19.5 Å². The summed E-state index contributed by atoms with van der Waals surface area (Å²) in [6.45, 7) is 3.94. The Morgan fingerprint density at radius 3 is 2.84 bits per heavy atom. The van der Waals surface area contributed by atoms with E-state index in [1.807, 2.05) is 41.2 Å². The number of benzene rings is 2. The molecule has 0 saturated carbocycles. The van der Waals surface area contributed by atoms with Crippen molar-refractivity contribution >= 4 is 10.9 Å². The van der Waals surface area contributed by atoms with Gasteiger partial charge in [0.15, 0.2) is 11.5 Å². The second kappa shape index (κ2) is 7.84. The van der Waals surface area contributed by atoms with Gasteiger partial charge in [0.1, 0.15) is 19.0 Å². The van der Waals surface area contributed by atoms with E-state index in [4.69, 9.17) is 19.3 Å². The zero-order valence-corrected chi connectivity index (χ0v) is 18.0. The standard InChI is InChI=1S/C25H24N4O3/c1-30-19-3-4-22-20(13-19)23(6-8-26-22)29-16-18-15-28(9-7-21(18)27-29)14-17-2-5-24-25(12-17)32-11-10-31-24/h2-6,8,12-13,16H,7,9-11,14-15H2,1H3. The molecular weight excluding hydrogens is 404 g/mol. The Bertz CT molecular complexity index is 1300. The van der Waals surface area contributed by atoms with Crippen LogP contribution in [0, 0.1) is 0 Å². The molecule has 2 aromatic heterocycles. The number of nitrogens with zero attached hydrogens (tertiary/aromatic N) is 4. The highest BCUT2D eigenvalue weighted by Crippen LogP contribution is 2.32. The molecule has 7 nitrogen and oxygen atoms in total. The first-order valence-electron chi connectivity index (χ1n) is 10.9. The number of hydrogen-bond donors (Lipinski definition) is 0. The van der Waals surface area contributed by atoms with Crippen molar-refractivity contribution < 1.29 is 14.2 Å². The van der Waals surface area contributed by atoms with Crippen molar-refractivity contribution in [1.82, 2.24) is 19.7 Å². The molecule has 0 amide bonds. The zero-order chi connectivity index (χ0) is 21.5. The van der Waals surface area contributed by atoms with Crippen LogP contribution in [-0.4, -0.2) is 46.5 Å². The molecule has 162 valence electrons. The Labute approximate surface area is 186 Å². The largest absolute Gasteiger partial charge is 0.497 e. The van der Waals surface area contributed by atoms with E-state index in [1.165, 1.54) is 11.1 Å². The number of rotatable bonds is 4. The number of fused-ring (bicyclic) bond motifs is 3. The molecule has 0 aliphatic carbocycles. The summed E-state index contributed by atoms with van der Waals surface area (Å²) >= 11 is 0. The van der Waals surface area contributed by atoms with Crippen molar-refractivity contribution in [3.05, 3.63) is 71.7 Å². The number of pyridine rings is 1. The minimum Gasteiger partial charge on any atom is -0.497 e. The lowest BCUT2D eigenvalue weighted by Crippen LogP contribution is -2.29. The normalized spacial score (nSPS) is 15.5. The van der Waals surface area contributed by atoms with Gasteiger partial charge >= 0.3 is 0 Å². The predicted octanol–water partition coefficient (Wildman–Crippen LogP) is 3.76. The summed E-state index contributed by atoms with van der Waals surface area (Å²) in [4.78, 5) is 6.94. The Morgan fingerprint density at radius 1 is 1.03 bits per heavy atom. The number of ether oxygens (including phenoxy) is 3. The molecule has 0 unspecified atom stereocenters. The number of aromatic nitrogens is 3. The molecule has 0 saturated heterocycles. The minimum absolute atomic E-state index is 0.609. The molecular formula is C25H24N4O3. The maximum Gasteiger partial charge on any atom is 0.161 e. The van der Waals surface area contributed by atoms with Crippen LogP contribution < -0.4 is 14.2 Å². The van der Waals surface area contributed by atoms with Gasteiger partial charge in [-0.2, -0.15) is 5.10 Å². The van der Waals surface area contributed by atoms with Crippen LogP contribution in [0.4, 0.5) is 0 Å². The summed E-state index contributed by atoms with van der Waals surface area (Å²) in [7, 11) is 1.68. The van der Waals surface area contributed by atoms with Crippen LogP contribution in [0.2, 0.25) is 0 Å². The van der Waals surface area contributed by atoms with Crippen LogP contribution in [0.1, 0.15) is 16.8 Å². The van der Waals surface area contributed by atoms with Crippen LogP contribution in [0.15, 0.2) is 54.9 Å². The maximum atomic E-state index is 5.74. The van der Waals surface area contributed by atoms with Crippen LogP contribution >= 0.6 is 0 Å². The molecule has 7 heteroatoms. The molecule has 0 bridgehead atoms. The third-order valence-corrected chi connectivity index (χ3v) is 6.12. The lowest BCUT2D eigenvalue weighted by molar-refractivity contribution is 0.171. The Balaban J connectivity index is 1.26. The monoisotopic (exact) mass is 428 g/mol. The summed E-state index contributed by atoms with van der Waals surface area (Å²) in [5.74, 6) is 2.50. The first-order valence-corrected chi connectivity index (χ1v) is 10.9. The van der Waals surface area contributed by atoms with Crippen molar-refractivity contribution in [2.24, 2.45) is 0 Å². The van der Waals surface area contributed by atoms with Gasteiger partial charge in [0.05, 0.1) is 24.0 Å². The summed E-state index contributed by atoms with van der Waals surface area (Å²) < 4.78 is 18.8. The molecule has 2 aliphatic heterocycles. The first kappa shape index (κ1) is 19.1. The molecule has 0 spiro atoms. The fourth-order valence-corrected chi connectivity index (χ4v) is 4.51. The van der Waals surface area contributed by atoms with Gasteiger partial charge < -0.3 is 14.2 Å². The Kier molecular flexibility index (Phi) is 4.69. The summed E-state index contributed by atoms with van der Waals surface area (Å²) in [6.07, 6.45) is 4.91. The van der Waals surface area contributed by atoms with E-state index in [9.17, 15) is 0 Å². The van der Waals surface area contributed by atoms with Crippen molar-refractivity contribution in [1.29, 1.82) is 0 Å². The summed E-state index contributed by atoms with van der Waals surface area (Å²) in [6, 6.07) is 14.2. The molecule has 32 heavy (non-hydrogen) atoms. The van der Waals surface area contributed by atoms with Gasteiger partial charge in [-0.05, 0) is 42.0 Å². The highest BCUT2D eigenvalue weighted by Gasteiger charge is 2.21. The lowest BCUT2D eigenvalue weighted by atomic mass is 10.1. The smallest absolute Gasteiger partial charge is 0.161 e. The SMILES string of the molecule is COc1ccc2nccc(-n3cc4c(n3)CCN(Cc3ccc5c(c3)OCCO5)C4)c2c1. The Hall–Kier alpha value is -3.58. The Morgan fingerprint density at radius 2 is 1.94 bits per heavy atom. The molecule has 0 atom stereocenters. The van der Waals surface area contributed by atoms with Crippen molar-refractivity contribution in [3.8, 4) is 22.9 Å². The molecule has 6 rings (SSSR count). The van der Waals surface area contributed by atoms with Gasteiger partial charge in [0, 0.05) is 49.4 Å². The fraction of sp³-hybridized carbons (Fsp3) is 0.280. The average Bonchev–Trinajstić information content (AvgIpc) is 3.26. The van der Waals surface area contributed by atoms with Gasteiger partial charge in [-0.1, -0.05) is 6.07 Å². The molecule has 0 N–H and O–H groups in total. The van der Waals surface area contributed by atoms with E-state index in [0.29, 0.717) is 13.2 Å². The topological polar surface area (TPSA) is 61.6 Å². The van der Waals surface area contributed by atoms with E-state index in [-0.39, 0.29) is 0 Å². The maximum absolute atomic E-state index is 5.74. The third kappa shape index (κ3) is 3.44. The van der Waals surface area contributed by atoms with Crippen LogP contribution in [0.3, 0.4) is 0 Å². The van der Waals surface area contributed by atoms with Gasteiger partial charge in [0.25, 0.3) is 0 Å². The highest BCUT2D eigenvalue weighted by atomic mass is 16.6. The third-order valence-electron chi connectivity index (χ3n) is 6.12. The summed E-state index contributed by atoms with van der Waals surface area (Å²) in [5, 5.41) is 5.94. The molecule has 2 aliphatic rings. The summed E-state index contributed by atoms with van der Waals surface area (Å²) in [5.41, 5.74) is 5.61. The predicted molar refractivity (Wildman–Crippen MR) is 121 cm³/mol. The van der Waals surface area contributed by atoms with Crippen molar-refractivity contribution in [2.75, 3.05) is 26.9 Å². The zero-order valence-electron chi connectivity index (χ0n) is 18.0. The van der Waals surface area contributed by atoms with Crippen LogP contribution in [0.25, 0.3) is 16.6 Å². The average molecular weight is 428 g/mol. The van der Waals surface area contributed by atoms with E-state index in [1.54, 1.807) is 7.11 Å². The molecule has 0 radical (unpaired) electrons. The van der Waals surface area contributed by atoms with E-state index < -0.39 is 0 Å². The minimum atomic E-state index is 0.609. The van der Waals surface area contributed by atoms with E-state index in [0.717, 1.165) is 65.6 Å². The van der Waals surface area contributed by atoms with Gasteiger partial charge in [-0.3, -0.25) is 9.88 Å². The quantitative estimate of drug-likeness (QED) is 0.493. The second-order valence-corrected chi connectivity index (χ2v) is 8.20. The molecule has 2 aromatic carbocycles. The van der Waals surface area contributed by atoms with E-state index >= 15 is 0 Å². The lowest BCUT2D eigenvalue weighted by Gasteiger charge is -2.26. The molecule has 4 heterocycles.